The highest BCUT2D eigenvalue weighted by atomic mass is 35.5. The molecule has 0 saturated heterocycles. The van der Waals surface area contributed by atoms with Crippen molar-refractivity contribution in [3.8, 4) is 11.1 Å². The van der Waals surface area contributed by atoms with Crippen LogP contribution in [0.4, 0.5) is 0 Å². The predicted molar refractivity (Wildman–Crippen MR) is 149 cm³/mol. The van der Waals surface area contributed by atoms with Crippen LogP contribution in [0, 0.1) is 23.7 Å². The fraction of sp³-hybridized carbons (Fsp3) is 0.290. The van der Waals surface area contributed by atoms with Crippen LogP contribution < -0.4 is 5.32 Å². The number of hydrogen-bond acceptors (Lipinski definition) is 5. The number of rotatable bonds is 10. The van der Waals surface area contributed by atoms with E-state index in [0.29, 0.717) is 11.4 Å². The molecule has 0 bridgehead atoms. The summed E-state index contributed by atoms with van der Waals surface area (Å²) >= 11 is 6.07. The Balaban J connectivity index is 1.61. The number of amides is 1. The minimum absolute atomic E-state index is 0.238. The maximum absolute atomic E-state index is 13.4. The molecule has 3 aromatic carbocycles. The second kappa shape index (κ2) is 12.3. The zero-order chi connectivity index (χ0) is 29.0. The molecule has 0 radical (unpaired) electrons. The number of esters is 1. The summed E-state index contributed by atoms with van der Waals surface area (Å²) in [6.45, 7) is 1.80. The van der Waals surface area contributed by atoms with Gasteiger partial charge in [0, 0.05) is 17.0 Å². The van der Waals surface area contributed by atoms with Crippen molar-refractivity contribution in [3.63, 3.8) is 0 Å². The lowest BCUT2D eigenvalue weighted by Crippen LogP contribution is -2.63. The van der Waals surface area contributed by atoms with E-state index < -0.39 is 53.5 Å². The summed E-state index contributed by atoms with van der Waals surface area (Å²) < 4.78 is 4.63. The van der Waals surface area contributed by atoms with Crippen LogP contribution in [0.5, 0.6) is 0 Å². The molecule has 0 unspecified atom stereocenters. The maximum atomic E-state index is 13.4. The van der Waals surface area contributed by atoms with Crippen LogP contribution in [0.3, 0.4) is 0 Å². The van der Waals surface area contributed by atoms with Gasteiger partial charge in [0.05, 0.1) is 30.8 Å². The SMILES string of the molecule is COC(=O)[C@H]1[C@@H](C(=O)O)[C@H](C(=O)N[C@@H](C)[C@H](Cc2ccc(Cl)cc2)c2ccc(-c3ccccc3)cc2)[C@@H]1C(=O)O. The van der Waals surface area contributed by atoms with Gasteiger partial charge in [-0.15, -0.1) is 0 Å². The van der Waals surface area contributed by atoms with E-state index in [1.165, 1.54) is 0 Å². The molecular weight excluding hydrogens is 534 g/mol. The lowest BCUT2D eigenvalue weighted by Gasteiger charge is -2.45. The van der Waals surface area contributed by atoms with Crippen LogP contribution in [0.2, 0.25) is 5.02 Å². The Hall–Kier alpha value is -4.17. The third-order valence-corrected chi connectivity index (χ3v) is 7.93. The van der Waals surface area contributed by atoms with Gasteiger partial charge in [0.2, 0.25) is 5.91 Å². The van der Waals surface area contributed by atoms with E-state index in [9.17, 15) is 29.4 Å². The fourth-order valence-corrected chi connectivity index (χ4v) is 5.68. The summed E-state index contributed by atoms with van der Waals surface area (Å²) in [5.41, 5.74) is 4.01. The van der Waals surface area contributed by atoms with Crippen molar-refractivity contribution in [1.29, 1.82) is 0 Å². The average Bonchev–Trinajstić information content (AvgIpc) is 2.92. The van der Waals surface area contributed by atoms with Crippen LogP contribution in [0.25, 0.3) is 11.1 Å². The Morgan fingerprint density at radius 3 is 1.88 bits per heavy atom. The molecule has 4 atom stereocenters. The van der Waals surface area contributed by atoms with E-state index in [0.717, 1.165) is 29.4 Å². The molecule has 0 aromatic heterocycles. The van der Waals surface area contributed by atoms with E-state index >= 15 is 0 Å². The number of carboxylic acid groups (broad SMARTS) is 2. The van der Waals surface area contributed by atoms with Gasteiger partial charge in [0.15, 0.2) is 0 Å². The molecule has 0 aliphatic heterocycles. The molecule has 8 nitrogen and oxygen atoms in total. The number of carboxylic acids is 2. The zero-order valence-corrected chi connectivity index (χ0v) is 22.7. The Morgan fingerprint density at radius 2 is 1.35 bits per heavy atom. The predicted octanol–water partition coefficient (Wildman–Crippen LogP) is 4.66. The van der Waals surface area contributed by atoms with Crippen molar-refractivity contribution in [2.24, 2.45) is 23.7 Å². The van der Waals surface area contributed by atoms with Gasteiger partial charge in [-0.3, -0.25) is 19.2 Å². The number of nitrogens with one attached hydrogen (secondary N) is 1. The zero-order valence-electron chi connectivity index (χ0n) is 22.0. The Morgan fingerprint density at radius 1 is 0.800 bits per heavy atom. The number of methoxy groups -OCH3 is 1. The summed E-state index contributed by atoms with van der Waals surface area (Å²) in [6.07, 6.45) is 0.531. The molecule has 1 fully saturated rings. The number of benzene rings is 3. The third kappa shape index (κ3) is 6.02. The molecule has 1 amide bonds. The largest absolute Gasteiger partial charge is 0.481 e. The molecule has 208 valence electrons. The van der Waals surface area contributed by atoms with E-state index in [4.69, 9.17) is 11.6 Å². The van der Waals surface area contributed by atoms with Crippen LogP contribution in [-0.2, 0) is 30.3 Å². The molecule has 4 rings (SSSR count). The summed E-state index contributed by atoms with van der Waals surface area (Å²) in [4.78, 5) is 49.5. The molecule has 3 N–H and O–H groups in total. The van der Waals surface area contributed by atoms with Crippen LogP contribution >= 0.6 is 11.6 Å². The standard InChI is InChI=1S/C31H30ClNO7/c1-17(33-28(34)24-25(29(35)36)27(31(39)40-2)26(24)30(37)38)23(16-18-8-14-22(32)15-9-18)21-12-10-20(11-13-21)19-6-4-3-5-7-19/h3-15,17,23-27H,16H2,1-2H3,(H,33,34)(H,35,36)(H,37,38)/t17-,23-,24-,25-,26-,27-/m0/s1. The Labute approximate surface area is 236 Å². The number of ether oxygens (including phenoxy) is 1. The van der Waals surface area contributed by atoms with Gasteiger partial charge in [-0.1, -0.05) is 78.3 Å². The quantitative estimate of drug-likeness (QED) is 0.306. The molecular formula is C31H30ClNO7. The fourth-order valence-electron chi connectivity index (χ4n) is 5.55. The van der Waals surface area contributed by atoms with Crippen molar-refractivity contribution in [2.45, 2.75) is 25.3 Å². The van der Waals surface area contributed by atoms with Crippen LogP contribution in [0.15, 0.2) is 78.9 Å². The van der Waals surface area contributed by atoms with Gasteiger partial charge >= 0.3 is 17.9 Å². The molecule has 9 heteroatoms. The van der Waals surface area contributed by atoms with Crippen LogP contribution in [-0.4, -0.2) is 47.2 Å². The lowest BCUT2D eigenvalue weighted by molar-refractivity contribution is -0.188. The molecule has 40 heavy (non-hydrogen) atoms. The van der Waals surface area contributed by atoms with Crippen molar-refractivity contribution < 1.29 is 34.1 Å². The van der Waals surface area contributed by atoms with Gasteiger partial charge in [0.1, 0.15) is 0 Å². The monoisotopic (exact) mass is 563 g/mol. The second-order valence-corrected chi connectivity index (χ2v) is 10.5. The molecule has 1 aliphatic carbocycles. The number of carbonyl (C=O) groups excluding carboxylic acids is 2. The summed E-state index contributed by atoms with van der Waals surface area (Å²) in [5.74, 6) is -10.6. The van der Waals surface area contributed by atoms with E-state index in [1.54, 1.807) is 19.1 Å². The van der Waals surface area contributed by atoms with Gasteiger partial charge < -0.3 is 20.3 Å². The first-order valence-electron chi connectivity index (χ1n) is 12.9. The number of aliphatic carboxylic acids is 2. The third-order valence-electron chi connectivity index (χ3n) is 7.68. The van der Waals surface area contributed by atoms with Crippen molar-refractivity contribution in [3.05, 3.63) is 95.0 Å². The molecule has 3 aromatic rings. The second-order valence-electron chi connectivity index (χ2n) is 10.0. The first-order chi connectivity index (χ1) is 19.1. The highest BCUT2D eigenvalue weighted by Crippen LogP contribution is 2.47. The average molecular weight is 564 g/mol. The summed E-state index contributed by atoms with van der Waals surface area (Å²) in [6, 6.07) is 24.7. The normalized spacial score (nSPS) is 21.4. The minimum Gasteiger partial charge on any atom is -0.481 e. The first kappa shape index (κ1) is 28.8. The van der Waals surface area contributed by atoms with Crippen LogP contribution in [0.1, 0.15) is 24.0 Å². The lowest BCUT2D eigenvalue weighted by atomic mass is 9.56. The van der Waals surface area contributed by atoms with Gasteiger partial charge in [-0.2, -0.15) is 0 Å². The smallest absolute Gasteiger partial charge is 0.310 e. The Kier molecular flexibility index (Phi) is 8.90. The topological polar surface area (TPSA) is 130 Å². The van der Waals surface area contributed by atoms with E-state index in [-0.39, 0.29) is 5.92 Å². The van der Waals surface area contributed by atoms with Gasteiger partial charge in [-0.05, 0) is 47.7 Å². The van der Waals surface area contributed by atoms with Crippen molar-refractivity contribution in [1.82, 2.24) is 5.32 Å². The Bertz CT molecular complexity index is 1350. The first-order valence-corrected chi connectivity index (χ1v) is 13.2. The summed E-state index contributed by atoms with van der Waals surface area (Å²) in [7, 11) is 1.06. The summed E-state index contributed by atoms with van der Waals surface area (Å²) in [5, 5.41) is 22.9. The number of halogens is 1. The highest BCUT2D eigenvalue weighted by molar-refractivity contribution is 6.30. The highest BCUT2D eigenvalue weighted by Gasteiger charge is 2.64. The van der Waals surface area contributed by atoms with Crippen molar-refractivity contribution >= 4 is 35.4 Å². The van der Waals surface area contributed by atoms with Gasteiger partial charge in [-0.25, -0.2) is 0 Å². The minimum atomic E-state index is -1.50. The number of carbonyl (C=O) groups is 4. The van der Waals surface area contributed by atoms with E-state index in [2.05, 4.69) is 10.1 Å². The molecule has 1 saturated carbocycles. The van der Waals surface area contributed by atoms with Gasteiger partial charge in [0.25, 0.3) is 0 Å². The molecule has 0 spiro atoms. The molecule has 1 aliphatic rings. The molecule has 0 heterocycles. The maximum Gasteiger partial charge on any atom is 0.310 e. The van der Waals surface area contributed by atoms with E-state index in [1.807, 2.05) is 66.7 Å². The number of hydrogen-bond donors (Lipinski definition) is 3. The van der Waals surface area contributed by atoms with Crippen molar-refractivity contribution in [2.75, 3.05) is 7.11 Å².